The minimum Gasteiger partial charge on any atom is -0.357 e. The molecule has 0 spiro atoms. The Morgan fingerprint density at radius 2 is 1.89 bits per heavy atom. The maximum Gasteiger partial charge on any atom is 0.434 e. The number of alkyl halides is 6. The van der Waals surface area contributed by atoms with Crippen molar-refractivity contribution in [2.45, 2.75) is 38.8 Å². The summed E-state index contributed by atoms with van der Waals surface area (Å²) in [5.74, 6) is 0.260. The summed E-state index contributed by atoms with van der Waals surface area (Å²) in [6.45, 7) is 3.82. The smallest absolute Gasteiger partial charge is 0.357 e. The number of rotatable bonds is 5. The highest BCUT2D eigenvalue weighted by molar-refractivity contribution is 7.09. The van der Waals surface area contributed by atoms with E-state index in [4.69, 9.17) is 0 Å². The van der Waals surface area contributed by atoms with Gasteiger partial charge in [0.25, 0.3) is 0 Å². The van der Waals surface area contributed by atoms with Crippen LogP contribution in [0.25, 0.3) is 0 Å². The molecule has 0 radical (unpaired) electrons. The van der Waals surface area contributed by atoms with Gasteiger partial charge in [-0.2, -0.15) is 26.3 Å². The van der Waals surface area contributed by atoms with Crippen LogP contribution in [-0.2, 0) is 18.9 Å². The van der Waals surface area contributed by atoms with Gasteiger partial charge in [-0.15, -0.1) is 11.3 Å². The quantitative estimate of drug-likeness (QED) is 0.404. The van der Waals surface area contributed by atoms with Crippen molar-refractivity contribution in [2.75, 3.05) is 6.54 Å². The van der Waals surface area contributed by atoms with Gasteiger partial charge in [-0.05, 0) is 31.5 Å². The van der Waals surface area contributed by atoms with Gasteiger partial charge in [0.15, 0.2) is 11.7 Å². The second kappa shape index (κ2) is 8.80. The van der Waals surface area contributed by atoms with Crippen LogP contribution in [0.2, 0.25) is 0 Å². The van der Waals surface area contributed by atoms with Gasteiger partial charge in [0.05, 0.1) is 18.2 Å². The second-order valence-electron chi connectivity index (χ2n) is 5.81. The van der Waals surface area contributed by atoms with Crippen LogP contribution in [0.15, 0.2) is 34.6 Å². The van der Waals surface area contributed by atoms with Crippen LogP contribution in [0.1, 0.15) is 41.7 Å². The lowest BCUT2D eigenvalue weighted by atomic mass is 10.1. The largest absolute Gasteiger partial charge is 0.434 e. The van der Waals surface area contributed by atoms with Crippen molar-refractivity contribution < 1.29 is 26.3 Å². The summed E-state index contributed by atoms with van der Waals surface area (Å²) in [6, 6.07) is 4.37. The maximum absolute atomic E-state index is 12.9. The van der Waals surface area contributed by atoms with Crippen LogP contribution < -0.4 is 10.6 Å². The SMILES string of the molecule is CCNC(=NCc1nc(C(F)(F)F)cs1)NC(C)c1cccc(C(F)(F)F)c1. The number of guanidine groups is 1. The number of nitrogens with one attached hydrogen (secondary N) is 2. The molecule has 1 heterocycles. The lowest BCUT2D eigenvalue weighted by Gasteiger charge is -2.19. The zero-order valence-corrected chi connectivity index (χ0v) is 15.8. The Hall–Kier alpha value is -2.30. The van der Waals surface area contributed by atoms with E-state index in [0.29, 0.717) is 12.1 Å². The Morgan fingerprint density at radius 3 is 2.46 bits per heavy atom. The molecular formula is C17H18F6N4S. The highest BCUT2D eigenvalue weighted by atomic mass is 32.1. The number of hydrogen-bond donors (Lipinski definition) is 2. The third-order valence-electron chi connectivity index (χ3n) is 3.63. The maximum atomic E-state index is 12.9. The standard InChI is InChI=1S/C17H18F6N4S/c1-3-24-15(25-8-14-27-13(9-28-14)17(21,22)23)26-10(2)11-5-4-6-12(7-11)16(18,19)20/h4-7,9-10H,3,8H2,1-2H3,(H2,24,25,26). The fourth-order valence-electron chi connectivity index (χ4n) is 2.25. The molecule has 2 rings (SSSR count). The Balaban J connectivity index is 2.11. The summed E-state index contributed by atoms with van der Waals surface area (Å²) in [4.78, 5) is 7.66. The monoisotopic (exact) mass is 424 g/mol. The van der Waals surface area contributed by atoms with Crippen molar-refractivity contribution in [3.8, 4) is 0 Å². The van der Waals surface area contributed by atoms with E-state index in [0.717, 1.165) is 28.8 Å². The van der Waals surface area contributed by atoms with E-state index >= 15 is 0 Å². The number of aromatic nitrogens is 1. The van der Waals surface area contributed by atoms with Gasteiger partial charge in [0, 0.05) is 11.9 Å². The van der Waals surface area contributed by atoms with E-state index in [9.17, 15) is 26.3 Å². The predicted octanol–water partition coefficient (Wildman–Crippen LogP) is 5.00. The molecule has 154 valence electrons. The molecule has 0 amide bonds. The molecule has 28 heavy (non-hydrogen) atoms. The highest BCUT2D eigenvalue weighted by Gasteiger charge is 2.33. The summed E-state index contributed by atoms with van der Waals surface area (Å²) in [6.07, 6.45) is -8.96. The third kappa shape index (κ3) is 6.11. The topological polar surface area (TPSA) is 49.3 Å². The van der Waals surface area contributed by atoms with Gasteiger partial charge < -0.3 is 10.6 Å². The normalized spacial score (nSPS) is 14.1. The third-order valence-corrected chi connectivity index (χ3v) is 4.46. The molecule has 1 aromatic heterocycles. The number of nitrogens with zero attached hydrogens (tertiary/aromatic N) is 2. The molecule has 0 aliphatic heterocycles. The minimum atomic E-state index is -4.51. The number of thiazole rings is 1. The van der Waals surface area contributed by atoms with Gasteiger partial charge in [0.2, 0.25) is 0 Å². The molecule has 0 aliphatic carbocycles. The molecule has 0 saturated heterocycles. The molecule has 1 atom stereocenters. The van der Waals surface area contributed by atoms with Crippen molar-refractivity contribution in [2.24, 2.45) is 4.99 Å². The first kappa shape index (κ1) is 22.0. The van der Waals surface area contributed by atoms with Crippen LogP contribution >= 0.6 is 11.3 Å². The van der Waals surface area contributed by atoms with Crippen molar-refractivity contribution in [1.29, 1.82) is 0 Å². The Labute approximate surface area is 161 Å². The van der Waals surface area contributed by atoms with Crippen molar-refractivity contribution in [1.82, 2.24) is 15.6 Å². The first-order valence-corrected chi connectivity index (χ1v) is 9.12. The summed E-state index contributed by atoms with van der Waals surface area (Å²) in [7, 11) is 0. The van der Waals surface area contributed by atoms with Gasteiger partial charge in [-0.1, -0.05) is 12.1 Å². The number of aliphatic imine (C=N–C) groups is 1. The van der Waals surface area contributed by atoms with Crippen molar-refractivity contribution in [3.63, 3.8) is 0 Å². The minimum absolute atomic E-state index is 0.0919. The zero-order chi connectivity index (χ0) is 20.9. The van der Waals surface area contributed by atoms with Gasteiger partial charge >= 0.3 is 12.4 Å². The summed E-state index contributed by atoms with van der Waals surface area (Å²) < 4.78 is 76.4. The lowest BCUT2D eigenvalue weighted by molar-refractivity contribution is -0.141. The van der Waals surface area contributed by atoms with Gasteiger partial charge in [0.1, 0.15) is 5.01 Å². The van der Waals surface area contributed by atoms with Gasteiger partial charge in [-0.3, -0.25) is 0 Å². The highest BCUT2D eigenvalue weighted by Crippen LogP contribution is 2.31. The molecule has 2 aromatic rings. The average Bonchev–Trinajstić information content (AvgIpc) is 3.08. The number of benzene rings is 1. The molecule has 0 aliphatic rings. The molecule has 0 fully saturated rings. The fraction of sp³-hybridized carbons (Fsp3) is 0.412. The molecule has 11 heteroatoms. The van der Waals surface area contributed by atoms with E-state index in [-0.39, 0.29) is 17.5 Å². The molecule has 4 nitrogen and oxygen atoms in total. The Morgan fingerprint density at radius 1 is 1.18 bits per heavy atom. The fourth-order valence-corrected chi connectivity index (χ4v) is 2.98. The molecule has 1 aromatic carbocycles. The summed E-state index contributed by atoms with van der Waals surface area (Å²) >= 11 is 0.838. The van der Waals surface area contributed by atoms with Crippen molar-refractivity contribution in [3.05, 3.63) is 51.5 Å². The Kier molecular flexibility index (Phi) is 6.91. The van der Waals surface area contributed by atoms with E-state index < -0.39 is 29.7 Å². The lowest BCUT2D eigenvalue weighted by Crippen LogP contribution is -2.38. The molecule has 2 N–H and O–H groups in total. The predicted molar refractivity (Wildman–Crippen MR) is 94.9 cm³/mol. The van der Waals surface area contributed by atoms with E-state index in [2.05, 4.69) is 20.6 Å². The zero-order valence-electron chi connectivity index (χ0n) is 14.9. The first-order chi connectivity index (χ1) is 13.0. The van der Waals surface area contributed by atoms with E-state index in [1.807, 2.05) is 0 Å². The number of hydrogen-bond acceptors (Lipinski definition) is 3. The van der Waals surface area contributed by atoms with Crippen molar-refractivity contribution >= 4 is 17.3 Å². The average molecular weight is 424 g/mol. The van der Waals surface area contributed by atoms with Crippen LogP contribution in [0.4, 0.5) is 26.3 Å². The van der Waals surface area contributed by atoms with Crippen LogP contribution in [-0.4, -0.2) is 17.5 Å². The molecule has 0 bridgehead atoms. The van der Waals surface area contributed by atoms with E-state index in [1.165, 1.54) is 6.07 Å². The first-order valence-electron chi connectivity index (χ1n) is 8.24. The van der Waals surface area contributed by atoms with Crippen LogP contribution in [0.3, 0.4) is 0 Å². The summed E-state index contributed by atoms with van der Waals surface area (Å²) in [5.41, 5.74) is -1.34. The molecular weight excluding hydrogens is 406 g/mol. The number of halogens is 6. The molecule has 1 unspecified atom stereocenters. The van der Waals surface area contributed by atoms with Crippen LogP contribution in [0.5, 0.6) is 0 Å². The second-order valence-corrected chi connectivity index (χ2v) is 6.75. The van der Waals surface area contributed by atoms with Crippen LogP contribution in [0, 0.1) is 0 Å². The van der Waals surface area contributed by atoms with Gasteiger partial charge in [-0.25, -0.2) is 9.98 Å². The van der Waals surface area contributed by atoms with E-state index in [1.54, 1.807) is 19.9 Å². The summed E-state index contributed by atoms with van der Waals surface area (Å²) in [5, 5.41) is 6.94. The Bertz CT molecular complexity index is 812. The molecule has 0 saturated carbocycles.